The summed E-state index contributed by atoms with van der Waals surface area (Å²) in [5.74, 6) is -0.555. The Labute approximate surface area is 123 Å². The number of carbonyl (C=O) groups is 1. The summed E-state index contributed by atoms with van der Waals surface area (Å²) >= 11 is 0. The first-order valence-electron chi connectivity index (χ1n) is 6.63. The zero-order valence-electron chi connectivity index (χ0n) is 11.6. The number of benzene rings is 1. The Morgan fingerprint density at radius 2 is 2.05 bits per heavy atom. The molecule has 0 spiro atoms. The van der Waals surface area contributed by atoms with Gasteiger partial charge < -0.3 is 4.98 Å². The van der Waals surface area contributed by atoms with Gasteiger partial charge in [-0.3, -0.25) is 4.79 Å². The van der Waals surface area contributed by atoms with E-state index in [1.54, 1.807) is 0 Å². The van der Waals surface area contributed by atoms with Crippen molar-refractivity contribution in [3.8, 4) is 0 Å². The molecule has 1 aromatic carbocycles. The largest absolute Gasteiger partial charge is 0.334 e. The topological polar surface area (TPSA) is 91.9 Å². The molecular weight excluding hydrogens is 290 g/mol. The van der Waals surface area contributed by atoms with Gasteiger partial charge >= 0.3 is 0 Å². The van der Waals surface area contributed by atoms with Gasteiger partial charge in [0.25, 0.3) is 10.0 Å². The lowest BCUT2D eigenvalue weighted by atomic mass is 9.93. The highest BCUT2D eigenvalue weighted by molar-refractivity contribution is 7.89. The minimum absolute atomic E-state index is 0.0157. The number of amides is 1. The predicted octanol–water partition coefficient (Wildman–Crippen LogP) is 1.80. The zero-order valence-corrected chi connectivity index (χ0v) is 12.4. The second-order valence-electron chi connectivity index (χ2n) is 4.64. The number of rotatable bonds is 6. The van der Waals surface area contributed by atoms with Gasteiger partial charge in [0, 0.05) is 18.8 Å². The van der Waals surface area contributed by atoms with Crippen LogP contribution in [0.25, 0.3) is 0 Å². The van der Waals surface area contributed by atoms with Gasteiger partial charge in [-0.1, -0.05) is 37.3 Å². The molecule has 6 nitrogen and oxygen atoms in total. The highest BCUT2D eigenvalue weighted by Gasteiger charge is 2.22. The van der Waals surface area contributed by atoms with Crippen LogP contribution in [0, 0.1) is 0 Å². The van der Waals surface area contributed by atoms with Gasteiger partial charge in [-0.05, 0) is 17.9 Å². The molecular formula is C14H17N3O3S. The Morgan fingerprint density at radius 3 is 2.62 bits per heavy atom. The van der Waals surface area contributed by atoms with Crippen molar-refractivity contribution in [2.45, 2.75) is 30.8 Å². The molecule has 0 aliphatic rings. The predicted molar refractivity (Wildman–Crippen MR) is 78.0 cm³/mol. The molecule has 2 aromatic rings. The summed E-state index contributed by atoms with van der Waals surface area (Å²) in [7, 11) is -3.92. The molecule has 0 fully saturated rings. The fraction of sp³-hybridized carbons (Fsp3) is 0.286. The first-order valence-corrected chi connectivity index (χ1v) is 8.11. The van der Waals surface area contributed by atoms with Gasteiger partial charge in [0.05, 0.1) is 0 Å². The molecule has 112 valence electrons. The molecule has 21 heavy (non-hydrogen) atoms. The molecule has 0 aliphatic heterocycles. The minimum Gasteiger partial charge on any atom is -0.334 e. The molecule has 1 heterocycles. The van der Waals surface area contributed by atoms with Crippen LogP contribution < -0.4 is 4.72 Å². The number of sulfonamides is 1. The van der Waals surface area contributed by atoms with Crippen LogP contribution in [0.15, 0.2) is 47.9 Å². The molecule has 0 bridgehead atoms. The maximum absolute atomic E-state index is 12.0. The van der Waals surface area contributed by atoms with E-state index in [0.717, 1.165) is 12.0 Å². The zero-order chi connectivity index (χ0) is 15.3. The average molecular weight is 307 g/mol. The number of nitrogens with one attached hydrogen (secondary N) is 2. The van der Waals surface area contributed by atoms with Crippen LogP contribution in [0.1, 0.15) is 31.2 Å². The van der Waals surface area contributed by atoms with E-state index in [-0.39, 0.29) is 17.5 Å². The molecule has 1 aromatic heterocycles. The van der Waals surface area contributed by atoms with Crippen LogP contribution in [0.5, 0.6) is 0 Å². The third-order valence-corrected chi connectivity index (χ3v) is 4.40. The number of aromatic amines is 1. The second-order valence-corrected chi connectivity index (χ2v) is 6.24. The Hall–Kier alpha value is -2.15. The number of nitrogens with zero attached hydrogens (tertiary/aromatic N) is 1. The van der Waals surface area contributed by atoms with E-state index in [2.05, 4.69) is 9.97 Å². The lowest BCUT2D eigenvalue weighted by Gasteiger charge is -2.14. The summed E-state index contributed by atoms with van der Waals surface area (Å²) in [6, 6.07) is 9.56. The van der Waals surface area contributed by atoms with E-state index in [1.807, 2.05) is 42.0 Å². The van der Waals surface area contributed by atoms with Crippen molar-refractivity contribution in [1.82, 2.24) is 14.7 Å². The van der Waals surface area contributed by atoms with Crippen LogP contribution in [0.3, 0.4) is 0 Å². The van der Waals surface area contributed by atoms with Gasteiger partial charge in [0.1, 0.15) is 0 Å². The van der Waals surface area contributed by atoms with Crippen LogP contribution in [0.2, 0.25) is 0 Å². The van der Waals surface area contributed by atoms with Crippen LogP contribution in [-0.2, 0) is 14.8 Å². The SMILES string of the molecule is CC[C@H](CC(=O)NS(=O)(=O)c1ncc[nH]1)c1ccccc1. The number of imidazole rings is 1. The van der Waals surface area contributed by atoms with Gasteiger partial charge in [0.2, 0.25) is 11.1 Å². The summed E-state index contributed by atoms with van der Waals surface area (Å²) < 4.78 is 25.8. The Morgan fingerprint density at radius 1 is 1.33 bits per heavy atom. The molecule has 2 rings (SSSR count). The molecule has 0 radical (unpaired) electrons. The Bertz CT molecular complexity index is 682. The standard InChI is InChI=1S/C14H17N3O3S/c1-2-11(12-6-4-3-5-7-12)10-13(18)17-21(19,20)14-15-8-9-16-14/h3-9,11H,2,10H2,1H3,(H,15,16)(H,17,18)/t11-/m1/s1. The summed E-state index contributed by atoms with van der Waals surface area (Å²) in [5, 5.41) is -0.261. The fourth-order valence-corrected chi connectivity index (χ4v) is 2.99. The van der Waals surface area contributed by atoms with Gasteiger partial charge in [-0.2, -0.15) is 8.42 Å². The monoisotopic (exact) mass is 307 g/mol. The van der Waals surface area contributed by atoms with Crippen molar-refractivity contribution in [2.75, 3.05) is 0 Å². The molecule has 7 heteroatoms. The quantitative estimate of drug-likeness (QED) is 0.851. The third kappa shape index (κ3) is 3.91. The number of H-pyrrole nitrogens is 1. The average Bonchev–Trinajstić information content (AvgIpc) is 3.00. The summed E-state index contributed by atoms with van der Waals surface area (Å²) in [6.07, 6.45) is 3.56. The second kappa shape index (κ2) is 6.53. The van der Waals surface area contributed by atoms with E-state index in [9.17, 15) is 13.2 Å². The summed E-state index contributed by atoms with van der Waals surface area (Å²) in [4.78, 5) is 18.1. The summed E-state index contributed by atoms with van der Waals surface area (Å²) in [5.41, 5.74) is 1.02. The summed E-state index contributed by atoms with van der Waals surface area (Å²) in [6.45, 7) is 1.96. The Balaban J connectivity index is 2.04. The number of hydrogen-bond donors (Lipinski definition) is 2. The maximum atomic E-state index is 12.0. The van der Waals surface area contributed by atoms with E-state index in [1.165, 1.54) is 12.4 Å². The van der Waals surface area contributed by atoms with Crippen molar-refractivity contribution in [3.63, 3.8) is 0 Å². The van der Waals surface area contributed by atoms with Crippen molar-refractivity contribution in [3.05, 3.63) is 48.3 Å². The smallest absolute Gasteiger partial charge is 0.297 e. The molecule has 1 amide bonds. The first kappa shape index (κ1) is 15.2. The lowest BCUT2D eigenvalue weighted by molar-refractivity contribution is -0.119. The maximum Gasteiger partial charge on any atom is 0.297 e. The Kier molecular flexibility index (Phi) is 4.74. The third-order valence-electron chi connectivity index (χ3n) is 3.17. The minimum atomic E-state index is -3.92. The number of carbonyl (C=O) groups excluding carboxylic acids is 1. The van der Waals surface area contributed by atoms with Crippen LogP contribution in [0.4, 0.5) is 0 Å². The van der Waals surface area contributed by atoms with Crippen molar-refractivity contribution < 1.29 is 13.2 Å². The van der Waals surface area contributed by atoms with Crippen molar-refractivity contribution in [1.29, 1.82) is 0 Å². The lowest BCUT2D eigenvalue weighted by Crippen LogP contribution is -2.32. The molecule has 0 saturated carbocycles. The first-order chi connectivity index (χ1) is 10.0. The normalized spacial score (nSPS) is 12.8. The molecule has 2 N–H and O–H groups in total. The van der Waals surface area contributed by atoms with E-state index < -0.39 is 15.9 Å². The van der Waals surface area contributed by atoms with E-state index in [4.69, 9.17) is 0 Å². The highest BCUT2D eigenvalue weighted by Crippen LogP contribution is 2.22. The molecule has 0 aliphatic carbocycles. The van der Waals surface area contributed by atoms with Crippen LogP contribution in [-0.4, -0.2) is 24.3 Å². The van der Waals surface area contributed by atoms with Gasteiger partial charge in [-0.25, -0.2) is 9.71 Å². The molecule has 0 unspecified atom stereocenters. The van der Waals surface area contributed by atoms with Gasteiger partial charge in [-0.15, -0.1) is 0 Å². The van der Waals surface area contributed by atoms with Crippen LogP contribution >= 0.6 is 0 Å². The van der Waals surface area contributed by atoms with Crippen molar-refractivity contribution >= 4 is 15.9 Å². The number of hydrogen-bond acceptors (Lipinski definition) is 4. The molecule has 1 atom stereocenters. The van der Waals surface area contributed by atoms with Crippen molar-refractivity contribution in [2.24, 2.45) is 0 Å². The van der Waals surface area contributed by atoms with E-state index >= 15 is 0 Å². The van der Waals surface area contributed by atoms with E-state index in [0.29, 0.717) is 0 Å². The van der Waals surface area contributed by atoms with Gasteiger partial charge in [0.15, 0.2) is 0 Å². The number of aromatic nitrogens is 2. The fourth-order valence-electron chi connectivity index (χ4n) is 2.08. The highest BCUT2D eigenvalue weighted by atomic mass is 32.2. The molecule has 0 saturated heterocycles.